The number of fused-ring (bicyclic) bond motifs is 1. The Morgan fingerprint density at radius 3 is 2.71 bits per heavy atom. The summed E-state index contributed by atoms with van der Waals surface area (Å²) in [6.07, 6.45) is 5.25. The molecule has 8 heteroatoms. The summed E-state index contributed by atoms with van der Waals surface area (Å²) in [7, 11) is 0. The Kier molecular flexibility index (Phi) is 8.68. The van der Waals surface area contributed by atoms with Crippen LogP contribution in [-0.4, -0.2) is 45.7 Å². The number of hydrogen-bond donors (Lipinski definition) is 3. The number of aromatic nitrogens is 3. The summed E-state index contributed by atoms with van der Waals surface area (Å²) in [4.78, 5) is 29.1. The van der Waals surface area contributed by atoms with E-state index < -0.39 is 0 Å². The minimum atomic E-state index is -0.174. The van der Waals surface area contributed by atoms with E-state index in [1.54, 1.807) is 30.2 Å². The Bertz CT molecular complexity index is 1210. The molecule has 0 unspecified atom stereocenters. The number of H-pyrrole nitrogens is 1. The van der Waals surface area contributed by atoms with E-state index in [0.717, 1.165) is 46.6 Å². The van der Waals surface area contributed by atoms with Crippen LogP contribution >= 0.6 is 11.8 Å². The molecule has 174 valence electrons. The average molecular weight is 473 g/mol. The van der Waals surface area contributed by atoms with Gasteiger partial charge >= 0.3 is 0 Å². The van der Waals surface area contributed by atoms with Gasteiger partial charge in [0.15, 0.2) is 5.96 Å². The van der Waals surface area contributed by atoms with Crippen LogP contribution in [0.2, 0.25) is 0 Å². The van der Waals surface area contributed by atoms with Gasteiger partial charge in [-0.05, 0) is 37.1 Å². The zero-order chi connectivity index (χ0) is 23.4. The summed E-state index contributed by atoms with van der Waals surface area (Å²) in [5.74, 6) is 2.02. The fourth-order valence-electron chi connectivity index (χ4n) is 3.39. The third kappa shape index (κ3) is 7.18. The van der Waals surface area contributed by atoms with Crippen molar-refractivity contribution in [2.24, 2.45) is 4.99 Å². The molecule has 34 heavy (non-hydrogen) atoms. The first-order chi connectivity index (χ1) is 16.8. The van der Waals surface area contributed by atoms with Gasteiger partial charge in [-0.25, -0.2) is 4.98 Å². The van der Waals surface area contributed by atoms with Crippen LogP contribution in [0.4, 0.5) is 0 Å². The van der Waals surface area contributed by atoms with E-state index in [2.05, 4.69) is 43.8 Å². The van der Waals surface area contributed by atoms with Gasteiger partial charge in [-0.3, -0.25) is 20.1 Å². The summed E-state index contributed by atoms with van der Waals surface area (Å²) in [5.41, 5.74) is 3.70. The molecule has 0 fully saturated rings. The smallest absolute Gasteiger partial charge is 0.257 e. The number of aromatic amines is 1. The fraction of sp³-hybridized carbons (Fsp3) is 0.231. The molecule has 0 aliphatic rings. The summed E-state index contributed by atoms with van der Waals surface area (Å²) >= 11 is 1.79. The number of rotatable bonds is 10. The molecule has 0 radical (unpaired) electrons. The number of imidazole rings is 1. The van der Waals surface area contributed by atoms with Crippen molar-refractivity contribution < 1.29 is 4.79 Å². The van der Waals surface area contributed by atoms with Crippen molar-refractivity contribution in [1.82, 2.24) is 25.6 Å². The van der Waals surface area contributed by atoms with E-state index in [1.165, 1.54) is 0 Å². The lowest BCUT2D eigenvalue weighted by molar-refractivity contribution is 0.0976. The molecule has 2 heterocycles. The molecule has 4 aromatic rings. The van der Waals surface area contributed by atoms with Gasteiger partial charge < -0.3 is 10.3 Å². The third-order valence-corrected chi connectivity index (χ3v) is 6.12. The van der Waals surface area contributed by atoms with Crippen molar-refractivity contribution in [2.45, 2.75) is 18.6 Å². The molecule has 7 nitrogen and oxygen atoms in total. The first-order valence-corrected chi connectivity index (χ1v) is 12.5. The van der Waals surface area contributed by atoms with Crippen LogP contribution in [0.3, 0.4) is 0 Å². The summed E-state index contributed by atoms with van der Waals surface area (Å²) < 4.78 is 0. The number of aliphatic imine (C=N–C) groups is 1. The molecular weight excluding hydrogens is 444 g/mol. The number of pyridine rings is 1. The normalized spacial score (nSPS) is 11.5. The zero-order valence-corrected chi connectivity index (χ0v) is 19.7. The number of nitrogens with zero attached hydrogens (tertiary/aromatic N) is 3. The first kappa shape index (κ1) is 23.5. The van der Waals surface area contributed by atoms with Gasteiger partial charge in [-0.15, -0.1) is 0 Å². The van der Waals surface area contributed by atoms with Gasteiger partial charge in [0.2, 0.25) is 0 Å². The van der Waals surface area contributed by atoms with Crippen molar-refractivity contribution in [3.63, 3.8) is 0 Å². The number of carbonyl (C=O) groups excluding carboxylic acids is 1. The highest BCUT2D eigenvalue weighted by atomic mass is 32.2. The van der Waals surface area contributed by atoms with E-state index in [4.69, 9.17) is 4.98 Å². The molecule has 3 N–H and O–H groups in total. The predicted octanol–water partition coefficient (Wildman–Crippen LogP) is 4.20. The predicted molar refractivity (Wildman–Crippen MR) is 139 cm³/mol. The largest absolute Gasteiger partial charge is 0.355 e. The van der Waals surface area contributed by atoms with Gasteiger partial charge in [0.1, 0.15) is 0 Å². The standard InChI is InChI=1S/C26H28N6OS/c33-25(21-8-2-1-3-9-21)32-26(28-14-6-10-22-17-27-19-30-22)29-15-16-34-18-23-13-12-20-7-4-5-11-24(20)31-23/h1-5,7-9,11-13,17,19H,6,10,14-16,18H2,(H,27,30)(H2,28,29,32,33). The molecule has 0 bridgehead atoms. The molecule has 4 rings (SSSR count). The Morgan fingerprint density at radius 2 is 1.85 bits per heavy atom. The molecule has 2 aromatic carbocycles. The lowest BCUT2D eigenvalue weighted by Gasteiger charge is -2.12. The van der Waals surface area contributed by atoms with Crippen LogP contribution in [0, 0.1) is 0 Å². The number of aryl methyl sites for hydroxylation is 1. The van der Waals surface area contributed by atoms with Crippen molar-refractivity contribution in [3.05, 3.63) is 96.2 Å². The van der Waals surface area contributed by atoms with E-state index >= 15 is 0 Å². The second kappa shape index (κ2) is 12.6. The molecule has 0 saturated carbocycles. The van der Waals surface area contributed by atoms with Crippen molar-refractivity contribution >= 4 is 34.5 Å². The van der Waals surface area contributed by atoms with Crippen molar-refractivity contribution in [1.29, 1.82) is 0 Å². The lowest BCUT2D eigenvalue weighted by atomic mass is 10.2. The maximum Gasteiger partial charge on any atom is 0.257 e. The number of thioether (sulfide) groups is 1. The van der Waals surface area contributed by atoms with Crippen LogP contribution < -0.4 is 10.6 Å². The number of amides is 1. The van der Waals surface area contributed by atoms with Crippen LogP contribution in [0.25, 0.3) is 10.9 Å². The van der Waals surface area contributed by atoms with Gasteiger partial charge in [0.25, 0.3) is 5.91 Å². The van der Waals surface area contributed by atoms with Gasteiger partial charge in [-0.2, -0.15) is 11.8 Å². The highest BCUT2D eigenvalue weighted by Crippen LogP contribution is 2.15. The second-order valence-electron chi connectivity index (χ2n) is 7.69. The molecule has 0 saturated heterocycles. The molecule has 0 aliphatic heterocycles. The summed E-state index contributed by atoms with van der Waals surface area (Å²) in [5, 5.41) is 7.35. The molecule has 0 atom stereocenters. The lowest BCUT2D eigenvalue weighted by Crippen LogP contribution is -2.42. The second-order valence-corrected chi connectivity index (χ2v) is 8.79. The quantitative estimate of drug-likeness (QED) is 0.183. The number of carbonyl (C=O) groups is 1. The summed E-state index contributed by atoms with van der Waals surface area (Å²) in [6.45, 7) is 1.28. The van der Waals surface area contributed by atoms with Crippen molar-refractivity contribution in [2.75, 3.05) is 18.8 Å². The van der Waals surface area contributed by atoms with E-state index in [-0.39, 0.29) is 5.91 Å². The molecule has 1 amide bonds. The van der Waals surface area contributed by atoms with E-state index in [9.17, 15) is 4.79 Å². The number of guanidine groups is 1. The van der Waals surface area contributed by atoms with Crippen molar-refractivity contribution in [3.8, 4) is 0 Å². The van der Waals surface area contributed by atoms with Crippen LogP contribution in [-0.2, 0) is 12.2 Å². The number of hydrogen-bond acceptors (Lipinski definition) is 5. The molecule has 2 aromatic heterocycles. The van der Waals surface area contributed by atoms with E-state index in [0.29, 0.717) is 24.6 Å². The fourth-order valence-corrected chi connectivity index (χ4v) is 4.16. The monoisotopic (exact) mass is 472 g/mol. The number of nitrogens with one attached hydrogen (secondary N) is 3. The average Bonchev–Trinajstić information content (AvgIpc) is 3.40. The van der Waals surface area contributed by atoms with Crippen LogP contribution in [0.1, 0.15) is 28.2 Å². The Balaban J connectivity index is 1.26. The highest BCUT2D eigenvalue weighted by Gasteiger charge is 2.08. The third-order valence-electron chi connectivity index (χ3n) is 5.13. The molecular formula is C26H28N6OS. The summed E-state index contributed by atoms with van der Waals surface area (Å²) in [6, 6.07) is 21.5. The first-order valence-electron chi connectivity index (χ1n) is 11.3. The van der Waals surface area contributed by atoms with E-state index in [1.807, 2.05) is 42.6 Å². The minimum absolute atomic E-state index is 0.174. The molecule has 0 spiro atoms. The minimum Gasteiger partial charge on any atom is -0.355 e. The Labute approximate surface area is 203 Å². The zero-order valence-electron chi connectivity index (χ0n) is 18.9. The molecule has 0 aliphatic carbocycles. The van der Waals surface area contributed by atoms with Gasteiger partial charge in [-0.1, -0.05) is 42.5 Å². The van der Waals surface area contributed by atoms with Gasteiger partial charge in [0, 0.05) is 41.7 Å². The number of para-hydroxylation sites is 1. The number of benzene rings is 2. The topological polar surface area (TPSA) is 95.1 Å². The van der Waals surface area contributed by atoms with Gasteiger partial charge in [0.05, 0.1) is 23.2 Å². The van der Waals surface area contributed by atoms with Crippen LogP contribution in [0.5, 0.6) is 0 Å². The SMILES string of the molecule is O=C(N/C(=N\CCCc1c[nH]cn1)NCCSCc1ccc2ccccc2n1)c1ccccc1. The highest BCUT2D eigenvalue weighted by molar-refractivity contribution is 7.98. The Morgan fingerprint density at radius 1 is 1.00 bits per heavy atom. The maximum atomic E-state index is 12.6. The maximum absolute atomic E-state index is 12.6. The van der Waals surface area contributed by atoms with Crippen LogP contribution in [0.15, 0.2) is 84.2 Å². The Hall–Kier alpha value is -3.65.